The van der Waals surface area contributed by atoms with Gasteiger partial charge in [-0.1, -0.05) is 31.4 Å². The second kappa shape index (κ2) is 9.21. The molecular formula is C22H27N3O2. The first kappa shape index (κ1) is 19.0. The van der Waals surface area contributed by atoms with Gasteiger partial charge in [0.1, 0.15) is 0 Å². The molecule has 2 amide bonds. The topological polar surface area (TPSA) is 70.2 Å². The van der Waals surface area contributed by atoms with Crippen molar-refractivity contribution in [3.63, 3.8) is 0 Å². The van der Waals surface area contributed by atoms with Crippen LogP contribution < -0.4 is 16.0 Å². The molecule has 5 heteroatoms. The molecule has 1 fully saturated rings. The highest BCUT2D eigenvalue weighted by Gasteiger charge is 2.16. The summed E-state index contributed by atoms with van der Waals surface area (Å²) in [6.07, 6.45) is 5.76. The standard InChI is InChI=1S/C22H27N3O2/c1-16-6-5-9-20(14-16)23-15-21(26)24-19-12-10-17(11-13-19)22(27)25-18-7-3-2-4-8-18/h5-6,9-14,18,23H,2-4,7-8,15H2,1H3,(H,24,26)(H,25,27). The number of carbonyl (C=O) groups excluding carboxylic acids is 2. The van der Waals surface area contributed by atoms with Crippen LogP contribution in [0.4, 0.5) is 11.4 Å². The van der Waals surface area contributed by atoms with Crippen molar-refractivity contribution in [2.75, 3.05) is 17.2 Å². The number of nitrogens with one attached hydrogen (secondary N) is 3. The second-order valence-electron chi connectivity index (χ2n) is 7.16. The second-order valence-corrected chi connectivity index (χ2v) is 7.16. The molecule has 0 aliphatic heterocycles. The Balaban J connectivity index is 1.47. The largest absolute Gasteiger partial charge is 0.376 e. The average Bonchev–Trinajstić information content (AvgIpc) is 2.68. The smallest absolute Gasteiger partial charge is 0.251 e. The molecule has 0 spiro atoms. The number of amides is 2. The Labute approximate surface area is 160 Å². The summed E-state index contributed by atoms with van der Waals surface area (Å²) in [5.74, 6) is -0.170. The van der Waals surface area contributed by atoms with Gasteiger partial charge in [0.05, 0.1) is 6.54 Å². The third-order valence-electron chi connectivity index (χ3n) is 4.84. The zero-order valence-electron chi connectivity index (χ0n) is 15.8. The molecule has 1 aliphatic rings. The molecule has 5 nitrogen and oxygen atoms in total. The van der Waals surface area contributed by atoms with Gasteiger partial charge in [-0.25, -0.2) is 0 Å². The lowest BCUT2D eigenvalue weighted by molar-refractivity contribution is -0.114. The van der Waals surface area contributed by atoms with Crippen LogP contribution in [-0.2, 0) is 4.79 Å². The van der Waals surface area contributed by atoms with Crippen LogP contribution in [0.25, 0.3) is 0 Å². The lowest BCUT2D eigenvalue weighted by Crippen LogP contribution is -2.36. The summed E-state index contributed by atoms with van der Waals surface area (Å²) >= 11 is 0. The first-order valence-electron chi connectivity index (χ1n) is 9.61. The van der Waals surface area contributed by atoms with Gasteiger partial charge in [0.2, 0.25) is 5.91 Å². The van der Waals surface area contributed by atoms with Gasteiger partial charge < -0.3 is 16.0 Å². The van der Waals surface area contributed by atoms with E-state index in [0.717, 1.165) is 24.1 Å². The molecule has 0 unspecified atom stereocenters. The average molecular weight is 365 g/mol. The number of anilines is 2. The molecule has 1 aliphatic carbocycles. The van der Waals surface area contributed by atoms with Gasteiger partial charge in [0.25, 0.3) is 5.91 Å². The molecule has 3 rings (SSSR count). The molecule has 0 saturated heterocycles. The Morgan fingerprint density at radius 3 is 2.41 bits per heavy atom. The highest BCUT2D eigenvalue weighted by molar-refractivity contribution is 5.96. The van der Waals surface area contributed by atoms with E-state index in [-0.39, 0.29) is 18.4 Å². The summed E-state index contributed by atoms with van der Waals surface area (Å²) in [7, 11) is 0. The third kappa shape index (κ3) is 5.84. The summed E-state index contributed by atoms with van der Waals surface area (Å²) < 4.78 is 0. The summed E-state index contributed by atoms with van der Waals surface area (Å²) in [4.78, 5) is 24.4. The van der Waals surface area contributed by atoms with E-state index >= 15 is 0 Å². The monoisotopic (exact) mass is 365 g/mol. The van der Waals surface area contributed by atoms with Crippen LogP contribution in [-0.4, -0.2) is 24.4 Å². The minimum Gasteiger partial charge on any atom is -0.376 e. The fourth-order valence-electron chi connectivity index (χ4n) is 3.36. The normalized spacial score (nSPS) is 14.4. The molecule has 0 radical (unpaired) electrons. The molecule has 2 aromatic carbocycles. The molecule has 0 bridgehead atoms. The Morgan fingerprint density at radius 2 is 1.70 bits per heavy atom. The number of carbonyl (C=O) groups is 2. The predicted octanol–water partition coefficient (Wildman–Crippen LogP) is 4.11. The molecule has 0 aromatic heterocycles. The summed E-state index contributed by atoms with van der Waals surface area (Å²) in [5.41, 5.74) is 3.36. The van der Waals surface area contributed by atoms with Gasteiger partial charge in [-0.2, -0.15) is 0 Å². The van der Waals surface area contributed by atoms with Gasteiger partial charge in [0.15, 0.2) is 0 Å². The fraction of sp³-hybridized carbons (Fsp3) is 0.364. The van der Waals surface area contributed by atoms with Crippen molar-refractivity contribution < 1.29 is 9.59 Å². The zero-order chi connectivity index (χ0) is 19.1. The van der Waals surface area contributed by atoms with Crippen molar-refractivity contribution >= 4 is 23.2 Å². The summed E-state index contributed by atoms with van der Waals surface area (Å²) in [5, 5.41) is 9.05. The van der Waals surface area contributed by atoms with Gasteiger partial charge >= 0.3 is 0 Å². The van der Waals surface area contributed by atoms with Crippen molar-refractivity contribution in [3.8, 4) is 0 Å². The van der Waals surface area contributed by atoms with Crippen LogP contribution >= 0.6 is 0 Å². The number of rotatable bonds is 6. The third-order valence-corrected chi connectivity index (χ3v) is 4.84. The van der Waals surface area contributed by atoms with Crippen LogP contribution in [0, 0.1) is 6.92 Å². The van der Waals surface area contributed by atoms with Crippen molar-refractivity contribution in [3.05, 3.63) is 59.7 Å². The minimum absolute atomic E-state index is 0.0408. The van der Waals surface area contributed by atoms with E-state index in [1.54, 1.807) is 24.3 Å². The Morgan fingerprint density at radius 1 is 0.963 bits per heavy atom. The molecule has 27 heavy (non-hydrogen) atoms. The Hall–Kier alpha value is -2.82. The highest BCUT2D eigenvalue weighted by Crippen LogP contribution is 2.18. The summed E-state index contributed by atoms with van der Waals surface area (Å²) in [6, 6.07) is 15.2. The lowest BCUT2D eigenvalue weighted by Gasteiger charge is -2.22. The van der Waals surface area contributed by atoms with Crippen molar-refractivity contribution in [2.24, 2.45) is 0 Å². The van der Waals surface area contributed by atoms with E-state index in [9.17, 15) is 9.59 Å². The SMILES string of the molecule is Cc1cccc(NCC(=O)Nc2ccc(C(=O)NC3CCCCC3)cc2)c1. The van der Waals surface area contributed by atoms with E-state index in [1.165, 1.54) is 19.3 Å². The molecule has 3 N–H and O–H groups in total. The van der Waals surface area contributed by atoms with Gasteiger partial charge in [0, 0.05) is 23.0 Å². The Kier molecular flexibility index (Phi) is 6.47. The number of hydrogen-bond donors (Lipinski definition) is 3. The lowest BCUT2D eigenvalue weighted by atomic mass is 9.95. The van der Waals surface area contributed by atoms with Crippen LogP contribution in [0.1, 0.15) is 48.0 Å². The highest BCUT2D eigenvalue weighted by atomic mass is 16.2. The van der Waals surface area contributed by atoms with Crippen molar-refractivity contribution in [1.29, 1.82) is 0 Å². The van der Waals surface area contributed by atoms with Gasteiger partial charge in [-0.3, -0.25) is 9.59 Å². The summed E-state index contributed by atoms with van der Waals surface area (Å²) in [6.45, 7) is 2.20. The molecule has 1 saturated carbocycles. The molecular weight excluding hydrogens is 338 g/mol. The van der Waals surface area contributed by atoms with Crippen LogP contribution in [0.3, 0.4) is 0 Å². The van der Waals surface area contributed by atoms with E-state index in [0.29, 0.717) is 17.3 Å². The fourth-order valence-corrected chi connectivity index (χ4v) is 3.36. The molecule has 2 aromatic rings. The van der Waals surface area contributed by atoms with Gasteiger partial charge in [-0.15, -0.1) is 0 Å². The van der Waals surface area contributed by atoms with Crippen LogP contribution in [0.2, 0.25) is 0 Å². The Bertz CT molecular complexity index is 780. The first-order chi connectivity index (χ1) is 13.1. The number of benzene rings is 2. The van der Waals surface area contributed by atoms with Gasteiger partial charge in [-0.05, 0) is 61.7 Å². The maximum atomic E-state index is 12.3. The zero-order valence-corrected chi connectivity index (χ0v) is 15.8. The maximum Gasteiger partial charge on any atom is 0.251 e. The van der Waals surface area contributed by atoms with E-state index < -0.39 is 0 Å². The molecule has 0 atom stereocenters. The number of hydrogen-bond acceptors (Lipinski definition) is 3. The quantitative estimate of drug-likeness (QED) is 0.721. The molecule has 0 heterocycles. The van der Waals surface area contributed by atoms with Crippen molar-refractivity contribution in [1.82, 2.24) is 5.32 Å². The van der Waals surface area contributed by atoms with Crippen LogP contribution in [0.15, 0.2) is 48.5 Å². The maximum absolute atomic E-state index is 12.3. The number of aryl methyl sites for hydroxylation is 1. The minimum atomic E-state index is -0.129. The van der Waals surface area contributed by atoms with Crippen LogP contribution in [0.5, 0.6) is 0 Å². The van der Waals surface area contributed by atoms with Crippen molar-refractivity contribution in [2.45, 2.75) is 45.1 Å². The predicted molar refractivity (Wildman–Crippen MR) is 109 cm³/mol. The molecule has 142 valence electrons. The van der Waals surface area contributed by atoms with E-state index in [4.69, 9.17) is 0 Å². The van der Waals surface area contributed by atoms with E-state index in [1.807, 2.05) is 31.2 Å². The first-order valence-corrected chi connectivity index (χ1v) is 9.61. The van der Waals surface area contributed by atoms with E-state index in [2.05, 4.69) is 16.0 Å².